The first kappa shape index (κ1) is 23.3. The van der Waals surface area contributed by atoms with Crippen molar-refractivity contribution < 1.29 is 14.3 Å². The first-order valence-electron chi connectivity index (χ1n) is 10.8. The Bertz CT molecular complexity index is 1260. The van der Waals surface area contributed by atoms with Gasteiger partial charge in [-0.1, -0.05) is 12.8 Å². The van der Waals surface area contributed by atoms with Gasteiger partial charge in [-0.05, 0) is 37.8 Å². The van der Waals surface area contributed by atoms with Crippen LogP contribution in [0.5, 0.6) is 0 Å². The predicted octanol–water partition coefficient (Wildman–Crippen LogP) is 1.41. The molecule has 0 atom stereocenters. The molecule has 1 aromatic carbocycles. The topological polar surface area (TPSA) is 122 Å². The molecule has 2 aromatic heterocycles. The van der Waals surface area contributed by atoms with E-state index in [2.05, 4.69) is 4.74 Å². The number of aromatic nitrogens is 2. The van der Waals surface area contributed by atoms with Gasteiger partial charge in [0.25, 0.3) is 22.2 Å². The number of aldehydes is 1. The molecule has 0 spiro atoms. The zero-order valence-electron chi connectivity index (χ0n) is 18.1. The maximum atomic E-state index is 12.8. The molecular weight excluding hydrogens is 416 g/mol. The van der Waals surface area contributed by atoms with Crippen molar-refractivity contribution in [2.24, 2.45) is 0 Å². The fourth-order valence-corrected chi connectivity index (χ4v) is 3.97. The van der Waals surface area contributed by atoms with Gasteiger partial charge < -0.3 is 9.53 Å². The number of methoxy groups -OCH3 is 1. The number of ether oxygens (including phenoxy) is 1. The van der Waals surface area contributed by atoms with Crippen LogP contribution in [0.4, 0.5) is 0 Å². The number of hydrogen-bond donors (Lipinski definition) is 0. The van der Waals surface area contributed by atoms with E-state index in [0.29, 0.717) is 44.9 Å². The average molecular weight is 442 g/mol. The van der Waals surface area contributed by atoms with E-state index in [0.717, 1.165) is 15.4 Å². The Morgan fingerprint density at radius 3 is 1.59 bits per heavy atom. The largest absolute Gasteiger partial charge is 0.469 e. The van der Waals surface area contributed by atoms with Crippen molar-refractivity contribution in [1.82, 2.24) is 9.13 Å². The zero-order valence-corrected chi connectivity index (χ0v) is 18.1. The summed E-state index contributed by atoms with van der Waals surface area (Å²) in [5.74, 6) is -0.301. The Balaban J connectivity index is 1.83. The molecule has 0 radical (unpaired) electrons. The fraction of sp³-hybridized carbons (Fsp3) is 0.478. The molecule has 0 aliphatic carbocycles. The van der Waals surface area contributed by atoms with E-state index in [1.165, 1.54) is 19.2 Å². The van der Waals surface area contributed by atoms with Crippen molar-refractivity contribution in [3.8, 4) is 0 Å². The predicted molar refractivity (Wildman–Crippen MR) is 120 cm³/mol. The van der Waals surface area contributed by atoms with E-state index in [1.807, 2.05) is 0 Å². The summed E-state index contributed by atoms with van der Waals surface area (Å²) in [4.78, 5) is 72.5. The van der Waals surface area contributed by atoms with E-state index >= 15 is 0 Å². The molecule has 0 bridgehead atoms. The Labute approximate surface area is 182 Å². The van der Waals surface area contributed by atoms with Crippen molar-refractivity contribution in [3.63, 3.8) is 0 Å². The van der Waals surface area contributed by atoms with E-state index in [9.17, 15) is 28.8 Å². The molecule has 0 unspecified atom stereocenters. The summed E-state index contributed by atoms with van der Waals surface area (Å²) in [6.45, 7) is 0.433. The minimum Gasteiger partial charge on any atom is -0.469 e. The third-order valence-electron chi connectivity index (χ3n) is 5.75. The molecule has 0 amide bonds. The van der Waals surface area contributed by atoms with E-state index in [-0.39, 0.29) is 47.0 Å². The number of unbranched alkanes of at least 4 members (excludes halogenated alkanes) is 5. The smallest absolute Gasteiger partial charge is 0.305 e. The summed E-state index contributed by atoms with van der Waals surface area (Å²) >= 11 is 0. The van der Waals surface area contributed by atoms with Crippen molar-refractivity contribution >= 4 is 33.8 Å². The zero-order chi connectivity index (χ0) is 23.3. The lowest BCUT2D eigenvalue weighted by molar-refractivity contribution is -0.140. The van der Waals surface area contributed by atoms with Gasteiger partial charge in [-0.25, -0.2) is 0 Å². The second-order valence-corrected chi connectivity index (χ2v) is 7.87. The maximum Gasteiger partial charge on any atom is 0.305 e. The number of esters is 1. The third kappa shape index (κ3) is 4.61. The number of carbonyl (C=O) groups excluding carboxylic acids is 2. The number of benzene rings is 1. The molecule has 2 heterocycles. The van der Waals surface area contributed by atoms with Crippen LogP contribution in [-0.4, -0.2) is 28.5 Å². The number of fused-ring (bicyclic) bond motifs is 2. The number of carbonyl (C=O) groups is 2. The lowest BCUT2D eigenvalue weighted by Gasteiger charge is -2.01. The highest BCUT2D eigenvalue weighted by Gasteiger charge is 2.19. The molecule has 3 aromatic rings. The minimum absolute atomic E-state index is 0.136. The molecule has 170 valence electrons. The normalized spacial score (nSPS) is 11.4. The van der Waals surface area contributed by atoms with Gasteiger partial charge >= 0.3 is 5.97 Å². The van der Waals surface area contributed by atoms with Gasteiger partial charge in [-0.2, -0.15) is 0 Å². The molecule has 0 fully saturated rings. The Morgan fingerprint density at radius 1 is 0.750 bits per heavy atom. The van der Waals surface area contributed by atoms with Crippen LogP contribution >= 0.6 is 0 Å². The van der Waals surface area contributed by atoms with Crippen molar-refractivity contribution in [2.45, 2.75) is 64.5 Å². The summed E-state index contributed by atoms with van der Waals surface area (Å²) in [6.07, 6.45) is 5.35. The standard InChI is InChI=1S/C23H26N2O7/c1-32-19(27)9-5-4-7-11-25-22(30)17-13-15-16(14-18(17)23(25)31)21(29)24(20(15)28)10-6-2-3-8-12-26/h12-14H,2-11H2,1H3. The molecule has 3 rings (SSSR count). The van der Waals surface area contributed by atoms with Gasteiger partial charge in [0.2, 0.25) is 0 Å². The Hall–Kier alpha value is -3.36. The highest BCUT2D eigenvalue weighted by molar-refractivity contribution is 5.97. The first-order valence-corrected chi connectivity index (χ1v) is 10.8. The second-order valence-electron chi connectivity index (χ2n) is 7.87. The molecule has 32 heavy (non-hydrogen) atoms. The van der Waals surface area contributed by atoms with Crippen molar-refractivity contribution in [2.75, 3.05) is 7.11 Å². The summed E-state index contributed by atoms with van der Waals surface area (Å²) < 4.78 is 6.83. The molecule has 9 nitrogen and oxygen atoms in total. The van der Waals surface area contributed by atoms with Gasteiger partial charge in [-0.15, -0.1) is 0 Å². The summed E-state index contributed by atoms with van der Waals surface area (Å²) in [6, 6.07) is 2.71. The molecule has 0 aliphatic heterocycles. The Morgan fingerprint density at radius 2 is 1.19 bits per heavy atom. The average Bonchev–Trinajstić information content (AvgIpc) is 3.17. The van der Waals surface area contributed by atoms with E-state index in [1.54, 1.807) is 0 Å². The number of nitrogens with zero attached hydrogens (tertiary/aromatic N) is 2. The fourth-order valence-electron chi connectivity index (χ4n) is 3.97. The minimum atomic E-state index is -0.478. The SMILES string of the molecule is COC(=O)CCCCCn1c(=O)c2cc3c(=O)n(CCCCCC=O)c(=O)c3cc2c1=O. The van der Waals surface area contributed by atoms with Gasteiger partial charge in [0.15, 0.2) is 0 Å². The Kier molecular flexibility index (Phi) is 7.50. The van der Waals surface area contributed by atoms with Crippen LogP contribution in [0.25, 0.3) is 21.5 Å². The van der Waals surface area contributed by atoms with Crippen molar-refractivity contribution in [1.29, 1.82) is 0 Å². The lowest BCUT2D eigenvalue weighted by Crippen LogP contribution is -2.26. The molecule has 9 heteroatoms. The summed E-state index contributed by atoms with van der Waals surface area (Å²) in [5.41, 5.74) is -1.89. The number of rotatable bonds is 12. The number of hydrogen-bond acceptors (Lipinski definition) is 7. The van der Waals surface area contributed by atoms with Gasteiger partial charge in [0, 0.05) is 25.9 Å². The van der Waals surface area contributed by atoms with Crippen LogP contribution in [0, 0.1) is 0 Å². The van der Waals surface area contributed by atoms with Crippen molar-refractivity contribution in [3.05, 3.63) is 53.5 Å². The molecule has 0 aliphatic rings. The monoisotopic (exact) mass is 442 g/mol. The van der Waals surface area contributed by atoms with Crippen LogP contribution in [0.2, 0.25) is 0 Å². The summed E-state index contributed by atoms with van der Waals surface area (Å²) in [5, 5.41) is 0.556. The lowest BCUT2D eigenvalue weighted by atomic mass is 10.1. The van der Waals surface area contributed by atoms with Gasteiger partial charge in [-0.3, -0.25) is 33.1 Å². The van der Waals surface area contributed by atoms with Crippen LogP contribution < -0.4 is 22.2 Å². The van der Waals surface area contributed by atoms with E-state index in [4.69, 9.17) is 0 Å². The van der Waals surface area contributed by atoms with Crippen LogP contribution in [-0.2, 0) is 27.4 Å². The van der Waals surface area contributed by atoms with Crippen LogP contribution in [0.15, 0.2) is 31.3 Å². The third-order valence-corrected chi connectivity index (χ3v) is 5.75. The van der Waals surface area contributed by atoms with E-state index < -0.39 is 22.2 Å². The summed E-state index contributed by atoms with van der Waals surface area (Å²) in [7, 11) is 1.32. The van der Waals surface area contributed by atoms with Crippen LogP contribution in [0.1, 0.15) is 51.4 Å². The molecule has 0 N–H and O–H groups in total. The van der Waals surface area contributed by atoms with Crippen LogP contribution in [0.3, 0.4) is 0 Å². The maximum absolute atomic E-state index is 12.8. The van der Waals surface area contributed by atoms with Gasteiger partial charge in [0.1, 0.15) is 6.29 Å². The molecular formula is C23H26N2O7. The highest BCUT2D eigenvalue weighted by atomic mass is 16.5. The quantitative estimate of drug-likeness (QED) is 0.236. The molecule has 0 saturated heterocycles. The second kappa shape index (κ2) is 10.3. The van der Waals surface area contributed by atoms with Gasteiger partial charge in [0.05, 0.1) is 28.7 Å². The highest BCUT2D eigenvalue weighted by Crippen LogP contribution is 2.15. The molecule has 0 saturated carbocycles. The first-order chi connectivity index (χ1) is 15.4.